The number of hydrogen-bond acceptors (Lipinski definition) is 5. The van der Waals surface area contributed by atoms with Crippen LogP contribution < -0.4 is 4.90 Å². The van der Waals surface area contributed by atoms with Crippen LogP contribution in [0, 0.1) is 0 Å². The van der Waals surface area contributed by atoms with Crippen LogP contribution in [-0.4, -0.2) is 45.4 Å². The second kappa shape index (κ2) is 6.78. The lowest BCUT2D eigenvalue weighted by atomic mass is 10.1. The fourth-order valence-electron chi connectivity index (χ4n) is 3.56. The lowest BCUT2D eigenvalue weighted by molar-refractivity contribution is 0.0725. The van der Waals surface area contributed by atoms with E-state index >= 15 is 0 Å². The number of anilines is 1. The van der Waals surface area contributed by atoms with Crippen molar-refractivity contribution >= 4 is 11.6 Å². The van der Waals surface area contributed by atoms with E-state index in [4.69, 9.17) is 0 Å². The van der Waals surface area contributed by atoms with Crippen LogP contribution in [-0.2, 0) is 19.4 Å². The van der Waals surface area contributed by atoms with Crippen molar-refractivity contribution in [3.05, 3.63) is 47.3 Å². The van der Waals surface area contributed by atoms with E-state index in [0.29, 0.717) is 18.8 Å². The summed E-state index contributed by atoms with van der Waals surface area (Å²) in [5.41, 5.74) is 3.75. The highest BCUT2D eigenvalue weighted by Crippen LogP contribution is 2.22. The topological polar surface area (TPSA) is 62.2 Å². The zero-order chi connectivity index (χ0) is 17.2. The van der Waals surface area contributed by atoms with Crippen LogP contribution in [0.4, 0.5) is 5.69 Å². The third-order valence-corrected chi connectivity index (χ3v) is 5.03. The minimum absolute atomic E-state index is 0.0108. The predicted octanol–water partition coefficient (Wildman–Crippen LogP) is 2.23. The summed E-state index contributed by atoms with van der Waals surface area (Å²) in [5.74, 6) is 0.825. The van der Waals surface area contributed by atoms with Crippen molar-refractivity contribution < 1.29 is 4.79 Å². The molecule has 0 unspecified atom stereocenters. The summed E-state index contributed by atoms with van der Waals surface area (Å²) in [7, 11) is 0. The number of hydrogen-bond donors (Lipinski definition) is 0. The number of pyridine rings is 1. The number of rotatable bonds is 3. The van der Waals surface area contributed by atoms with Crippen molar-refractivity contribution in [2.45, 2.75) is 39.2 Å². The number of amides is 1. The Balaban J connectivity index is 1.54. The van der Waals surface area contributed by atoms with E-state index in [1.807, 2.05) is 30.2 Å². The normalized spacial score (nSPS) is 16.8. The molecular formula is C19H23N5O. The molecule has 1 amide bonds. The molecular weight excluding hydrogens is 314 g/mol. The predicted molar refractivity (Wildman–Crippen MR) is 95.5 cm³/mol. The smallest absolute Gasteiger partial charge is 0.272 e. The Morgan fingerprint density at radius 3 is 2.84 bits per heavy atom. The van der Waals surface area contributed by atoms with Gasteiger partial charge in [-0.15, -0.1) is 0 Å². The van der Waals surface area contributed by atoms with Crippen molar-refractivity contribution in [3.8, 4) is 0 Å². The third-order valence-electron chi connectivity index (χ3n) is 5.03. The van der Waals surface area contributed by atoms with E-state index in [0.717, 1.165) is 48.7 Å². The van der Waals surface area contributed by atoms with Crippen LogP contribution in [0.3, 0.4) is 0 Å². The lowest BCUT2D eigenvalue weighted by Gasteiger charge is -2.28. The molecule has 130 valence electrons. The zero-order valence-corrected chi connectivity index (χ0v) is 14.6. The molecule has 1 fully saturated rings. The number of aryl methyl sites for hydroxylation is 1. The van der Waals surface area contributed by atoms with Gasteiger partial charge in [-0.1, -0.05) is 6.92 Å². The molecule has 1 saturated heterocycles. The molecule has 0 radical (unpaired) electrons. The van der Waals surface area contributed by atoms with Crippen molar-refractivity contribution in [3.63, 3.8) is 0 Å². The summed E-state index contributed by atoms with van der Waals surface area (Å²) < 4.78 is 0. The third kappa shape index (κ3) is 3.21. The molecule has 2 aliphatic rings. The lowest BCUT2D eigenvalue weighted by Crippen LogP contribution is -2.37. The number of nitrogens with zero attached hydrogens (tertiary/aromatic N) is 5. The van der Waals surface area contributed by atoms with Crippen LogP contribution in [0.25, 0.3) is 0 Å². The molecule has 4 rings (SSSR count). The standard InChI is InChI=1S/C19H23N5O/c1-2-18-21-12-14-6-10-24(13-17(14)22-18)19(25)16-11-15(5-7-20-16)23-8-3-4-9-23/h5,7,11-12H,2-4,6,8-10,13H2,1H3. The average Bonchev–Trinajstić information content (AvgIpc) is 3.21. The second-order valence-electron chi connectivity index (χ2n) is 6.68. The van der Waals surface area contributed by atoms with Crippen LogP contribution in [0.1, 0.15) is 47.3 Å². The van der Waals surface area contributed by atoms with E-state index in [1.165, 1.54) is 12.8 Å². The Morgan fingerprint density at radius 1 is 1.20 bits per heavy atom. The molecule has 0 bridgehead atoms. The van der Waals surface area contributed by atoms with E-state index in [9.17, 15) is 4.79 Å². The maximum Gasteiger partial charge on any atom is 0.272 e. The second-order valence-corrected chi connectivity index (χ2v) is 6.68. The fraction of sp³-hybridized carbons (Fsp3) is 0.474. The first-order valence-electron chi connectivity index (χ1n) is 9.08. The Labute approximate surface area is 147 Å². The fourth-order valence-corrected chi connectivity index (χ4v) is 3.56. The Kier molecular flexibility index (Phi) is 4.34. The SMILES string of the molecule is CCc1ncc2c(n1)CN(C(=O)c1cc(N3CCCC3)ccn1)CC2. The first kappa shape index (κ1) is 16.0. The molecule has 2 aromatic rings. The molecule has 4 heterocycles. The number of carbonyl (C=O) groups is 1. The van der Waals surface area contributed by atoms with E-state index in [2.05, 4.69) is 19.9 Å². The molecule has 0 N–H and O–H groups in total. The molecule has 25 heavy (non-hydrogen) atoms. The minimum Gasteiger partial charge on any atom is -0.371 e. The van der Waals surface area contributed by atoms with E-state index < -0.39 is 0 Å². The van der Waals surface area contributed by atoms with Crippen LogP contribution in [0.15, 0.2) is 24.5 Å². The molecule has 2 aromatic heterocycles. The van der Waals surface area contributed by atoms with Gasteiger partial charge in [0.25, 0.3) is 5.91 Å². The quantitative estimate of drug-likeness (QED) is 0.859. The highest BCUT2D eigenvalue weighted by molar-refractivity contribution is 5.93. The van der Waals surface area contributed by atoms with Gasteiger partial charge in [-0.05, 0) is 37.0 Å². The molecule has 0 saturated carbocycles. The van der Waals surface area contributed by atoms with Gasteiger partial charge in [-0.25, -0.2) is 9.97 Å². The van der Waals surface area contributed by atoms with Gasteiger partial charge in [-0.2, -0.15) is 0 Å². The van der Waals surface area contributed by atoms with Gasteiger partial charge in [0.2, 0.25) is 0 Å². The number of fused-ring (bicyclic) bond motifs is 1. The highest BCUT2D eigenvalue weighted by atomic mass is 16.2. The summed E-state index contributed by atoms with van der Waals surface area (Å²) in [5, 5.41) is 0. The Morgan fingerprint density at radius 2 is 2.04 bits per heavy atom. The summed E-state index contributed by atoms with van der Waals surface area (Å²) in [6, 6.07) is 3.93. The molecule has 2 aliphatic heterocycles. The number of aromatic nitrogens is 3. The zero-order valence-electron chi connectivity index (χ0n) is 14.6. The van der Waals surface area contributed by atoms with E-state index in [-0.39, 0.29) is 5.91 Å². The van der Waals surface area contributed by atoms with Crippen molar-refractivity contribution in [1.29, 1.82) is 0 Å². The van der Waals surface area contributed by atoms with Gasteiger partial charge >= 0.3 is 0 Å². The number of carbonyl (C=O) groups excluding carboxylic acids is 1. The Bertz CT molecular complexity index is 785. The molecule has 0 spiro atoms. The summed E-state index contributed by atoms with van der Waals surface area (Å²) in [4.78, 5) is 30.4. The molecule has 6 nitrogen and oxygen atoms in total. The van der Waals surface area contributed by atoms with E-state index in [1.54, 1.807) is 6.20 Å². The molecule has 0 aliphatic carbocycles. The van der Waals surface area contributed by atoms with Crippen LogP contribution >= 0.6 is 0 Å². The van der Waals surface area contributed by atoms with Gasteiger partial charge in [0, 0.05) is 44.1 Å². The van der Waals surface area contributed by atoms with Gasteiger partial charge < -0.3 is 9.80 Å². The molecule has 0 atom stereocenters. The highest BCUT2D eigenvalue weighted by Gasteiger charge is 2.25. The van der Waals surface area contributed by atoms with Crippen molar-refractivity contribution in [1.82, 2.24) is 19.9 Å². The van der Waals surface area contributed by atoms with Crippen molar-refractivity contribution in [2.24, 2.45) is 0 Å². The monoisotopic (exact) mass is 337 g/mol. The summed E-state index contributed by atoms with van der Waals surface area (Å²) in [6.07, 6.45) is 7.70. The summed E-state index contributed by atoms with van der Waals surface area (Å²) >= 11 is 0. The van der Waals surface area contributed by atoms with Crippen molar-refractivity contribution in [2.75, 3.05) is 24.5 Å². The van der Waals surface area contributed by atoms with Crippen LogP contribution in [0.5, 0.6) is 0 Å². The molecule has 0 aromatic carbocycles. The Hall–Kier alpha value is -2.50. The summed E-state index contributed by atoms with van der Waals surface area (Å²) in [6.45, 7) is 5.40. The first-order valence-corrected chi connectivity index (χ1v) is 9.08. The maximum absolute atomic E-state index is 12.9. The van der Waals surface area contributed by atoms with Gasteiger partial charge in [0.05, 0.1) is 12.2 Å². The average molecular weight is 337 g/mol. The largest absolute Gasteiger partial charge is 0.371 e. The molecule has 6 heteroatoms. The van der Waals surface area contributed by atoms with Crippen LogP contribution in [0.2, 0.25) is 0 Å². The maximum atomic E-state index is 12.9. The first-order chi connectivity index (χ1) is 12.2. The van der Waals surface area contributed by atoms with Gasteiger partial charge in [0.1, 0.15) is 11.5 Å². The van der Waals surface area contributed by atoms with Gasteiger partial charge in [-0.3, -0.25) is 9.78 Å². The van der Waals surface area contributed by atoms with Gasteiger partial charge in [0.15, 0.2) is 0 Å². The minimum atomic E-state index is -0.0108.